The van der Waals surface area contributed by atoms with E-state index < -0.39 is 5.97 Å². The summed E-state index contributed by atoms with van der Waals surface area (Å²) < 4.78 is 14.0. The number of alkyl halides is 2. The van der Waals surface area contributed by atoms with Gasteiger partial charge >= 0.3 is 0 Å². The van der Waals surface area contributed by atoms with Crippen LogP contribution in [-0.2, 0) is 56.9 Å². The van der Waals surface area contributed by atoms with Crippen molar-refractivity contribution in [2.24, 2.45) is 0 Å². The van der Waals surface area contributed by atoms with Crippen LogP contribution < -0.4 is 42.1 Å². The molecule has 23 heteroatoms. The van der Waals surface area contributed by atoms with Gasteiger partial charge < -0.3 is 19.8 Å². The van der Waals surface area contributed by atoms with E-state index in [1.807, 2.05) is 155 Å². The predicted octanol–water partition coefficient (Wildman–Crippen LogP) is 20.5. The van der Waals surface area contributed by atoms with Crippen molar-refractivity contribution < 1.29 is 42.1 Å². The maximum Gasteiger partial charge on any atom is 0.300 e. The minimum absolute atomic E-state index is 0.718. The van der Waals surface area contributed by atoms with Gasteiger partial charge in [-0.1, -0.05) is 211 Å². The first-order valence-corrected chi connectivity index (χ1v) is 51.4. The molecule has 0 bridgehead atoms. The predicted molar refractivity (Wildman–Crippen MR) is 515 cm³/mol. The lowest BCUT2D eigenvalue weighted by Gasteiger charge is -2.12. The van der Waals surface area contributed by atoms with Crippen LogP contribution in [0.2, 0.25) is 0 Å². The second-order valence-corrected chi connectivity index (χ2v) is 39.4. The molecule has 1 aliphatic carbocycles. The molecule has 115 heavy (non-hydrogen) atoms. The standard InChI is InChI=1S/C34H42N4S2.2C16H22N2S2.C9H11NO.C6H7N.C5H10.C4H8Br2S2.C2H4O2/c1-35(2)31-17-11-29(12-18-31)15-21-33-9-5-7-23-37(33)25-27-39-40-28-26-38-24-8-6-10-34(38)22-16-30-13-19-32(20-14-30)36(3)4;2*1-15-7-3-5-9-17(15)11-13-19-20-14-12-18-10-6-4-8-16(18)2;1-10(2)9-5-3-8(7-11)4-6-9;1-6-4-2-3-5-7-6;1-2-4-5-3-1;5-1-3-7-8-4-2-6;1-2(3)4/h5-15,17-21,23-24H,16,22,25-28H2,1-4H3;2*3-10H,11-14H2,1-2H3;3-7H,1-2H3;2-5H,1H3;1-5H2;1-4H2;1H3,(H,3,4)/q3*+2;;;;;. The number of aryl methyl sites for hydroxylation is 13. The summed E-state index contributed by atoms with van der Waals surface area (Å²) in [5.41, 5.74) is 15.9. The Hall–Kier alpha value is -6.25. The highest BCUT2D eigenvalue weighted by Gasteiger charge is 2.14. The molecule has 618 valence electrons. The Bertz CT molecular complexity index is 3990. The fourth-order valence-corrected chi connectivity index (χ4v) is 20.5. The Balaban J connectivity index is 0.000000312. The first-order valence-electron chi connectivity index (χ1n) is 39.2. The van der Waals surface area contributed by atoms with E-state index in [1.54, 1.807) is 6.20 Å². The summed E-state index contributed by atoms with van der Waals surface area (Å²) in [6.45, 7) is 18.1. The van der Waals surface area contributed by atoms with Gasteiger partial charge in [-0.2, -0.15) is 4.57 Å². The van der Waals surface area contributed by atoms with Gasteiger partial charge in [0.1, 0.15) is 6.29 Å². The van der Waals surface area contributed by atoms with Crippen molar-refractivity contribution in [3.63, 3.8) is 0 Å². The number of pyridine rings is 7. The van der Waals surface area contributed by atoms with Crippen LogP contribution in [0.3, 0.4) is 0 Å². The monoisotopic (exact) mass is 1830 g/mol. The quantitative estimate of drug-likeness (QED) is 0.0134. The first kappa shape index (κ1) is 101. The molecular formula is C92H126Br2N10O3S8+6. The molecule has 0 unspecified atom stereocenters. The maximum atomic E-state index is 10.3. The van der Waals surface area contributed by atoms with Crippen LogP contribution in [0.25, 0.3) is 12.2 Å². The van der Waals surface area contributed by atoms with Gasteiger partial charge in [0, 0.05) is 219 Å². The number of rotatable bonds is 35. The lowest BCUT2D eigenvalue weighted by Crippen LogP contribution is -2.39. The average Bonchev–Trinajstić information content (AvgIpc) is 1.78. The van der Waals surface area contributed by atoms with Crippen LogP contribution in [0.1, 0.15) is 100 Å². The molecule has 0 spiro atoms. The van der Waals surface area contributed by atoms with Crippen molar-refractivity contribution in [3.05, 3.63) is 300 Å². The number of hydrogen-bond donors (Lipinski definition) is 1. The third-order valence-corrected chi connectivity index (χ3v) is 28.8. The molecule has 0 saturated heterocycles. The fourth-order valence-electron chi connectivity index (χ4n) is 10.9. The second kappa shape index (κ2) is 64.7. The van der Waals surface area contributed by atoms with Gasteiger partial charge in [0.2, 0.25) is 5.69 Å². The normalized spacial score (nSPS) is 11.0. The molecular weight excluding hydrogens is 1710 g/mol. The Kier molecular flexibility index (Phi) is 56.9. The molecule has 1 N–H and O–H groups in total. The van der Waals surface area contributed by atoms with Gasteiger partial charge in [0.15, 0.2) is 105 Å². The maximum absolute atomic E-state index is 10.3. The molecule has 7 aromatic heterocycles. The first-order chi connectivity index (χ1) is 55.8. The largest absolute Gasteiger partial charge is 0.481 e. The zero-order valence-electron chi connectivity index (χ0n) is 69.8. The number of carbonyl (C=O) groups is 2. The van der Waals surface area contributed by atoms with Crippen LogP contribution in [0, 0.1) is 34.6 Å². The van der Waals surface area contributed by atoms with Crippen LogP contribution in [0.15, 0.2) is 244 Å². The topological polar surface area (TPSA) is 100 Å². The third kappa shape index (κ3) is 47.8. The number of aliphatic carboxylic acids is 1. The molecule has 10 aromatic rings. The minimum atomic E-state index is -0.833. The van der Waals surface area contributed by atoms with Gasteiger partial charge in [0.25, 0.3) is 5.97 Å². The summed E-state index contributed by atoms with van der Waals surface area (Å²) in [4.78, 5) is 29.5. The third-order valence-electron chi connectivity index (χ3n) is 17.4. The summed E-state index contributed by atoms with van der Waals surface area (Å²) in [6, 6.07) is 69.3. The SMILES string of the molecule is BrCCSSCCBr.C1CCCC1.CC(=O)O.CN(C)c1ccc(/C=C/c2cccc[n+]2CCSSCC[n+]2ccccc2CCc2ccc(N(C)C)cc2)cc1.CN(C)c1ccc(C=O)cc1.Cc1cccc[n+]1CCSSCC[n+]1ccccc1C.Cc1cccc[n+]1CCSSCC[n+]1ccccc1C.Cc1ccccn1. The van der Waals surface area contributed by atoms with Gasteiger partial charge in [-0.25, -0.2) is 22.8 Å². The molecule has 3 aromatic carbocycles. The van der Waals surface area contributed by atoms with Crippen molar-refractivity contribution in [2.75, 3.05) is 114 Å². The molecule has 11 rings (SSSR count). The van der Waals surface area contributed by atoms with E-state index in [0.717, 1.165) is 127 Å². The Morgan fingerprint density at radius 1 is 0.383 bits per heavy atom. The molecule has 1 fully saturated rings. The lowest BCUT2D eigenvalue weighted by molar-refractivity contribution is -0.699. The highest BCUT2D eigenvalue weighted by molar-refractivity contribution is 9.09. The smallest absolute Gasteiger partial charge is 0.300 e. The zero-order valence-corrected chi connectivity index (χ0v) is 79.6. The number of aromatic nitrogens is 7. The summed E-state index contributed by atoms with van der Waals surface area (Å²) in [5.74, 6) is 8.36. The molecule has 0 aliphatic heterocycles. The van der Waals surface area contributed by atoms with E-state index in [2.05, 4.69) is 337 Å². The molecule has 1 aliphatic rings. The summed E-state index contributed by atoms with van der Waals surface area (Å²) in [7, 11) is 27.9. The molecule has 13 nitrogen and oxygen atoms in total. The Morgan fingerprint density at radius 3 is 1.03 bits per heavy atom. The molecule has 1 saturated carbocycles. The summed E-state index contributed by atoms with van der Waals surface area (Å²) in [5, 5.41) is 9.62. The van der Waals surface area contributed by atoms with Crippen molar-refractivity contribution in [3.8, 4) is 0 Å². The number of halogens is 2. The van der Waals surface area contributed by atoms with E-state index in [1.165, 1.54) is 100 Å². The van der Waals surface area contributed by atoms with Crippen LogP contribution >= 0.6 is 118 Å². The van der Waals surface area contributed by atoms with Crippen molar-refractivity contribution in [1.29, 1.82) is 0 Å². The van der Waals surface area contributed by atoms with E-state index in [9.17, 15) is 4.79 Å². The second-order valence-electron chi connectivity index (χ2n) is 27.0. The van der Waals surface area contributed by atoms with E-state index in [0.29, 0.717) is 0 Å². The van der Waals surface area contributed by atoms with Crippen LogP contribution in [0.5, 0.6) is 0 Å². The zero-order chi connectivity index (χ0) is 83.3. The van der Waals surface area contributed by atoms with Gasteiger partial charge in [0.05, 0.1) is 34.5 Å². The van der Waals surface area contributed by atoms with Gasteiger partial charge in [-0.05, 0) is 97.3 Å². The number of hydrogen-bond acceptors (Lipinski definition) is 14. The van der Waals surface area contributed by atoms with Gasteiger partial charge in [-0.15, -0.1) is 0 Å². The van der Waals surface area contributed by atoms with Crippen LogP contribution in [0.4, 0.5) is 17.1 Å². The Morgan fingerprint density at radius 2 is 0.696 bits per heavy atom. The van der Waals surface area contributed by atoms with Crippen molar-refractivity contribution in [2.45, 2.75) is 126 Å². The number of carbonyl (C=O) groups excluding carboxylic acids is 1. The highest BCUT2D eigenvalue weighted by Crippen LogP contribution is 2.24. The van der Waals surface area contributed by atoms with E-state index in [-0.39, 0.29) is 0 Å². The summed E-state index contributed by atoms with van der Waals surface area (Å²) >= 11 is 6.71. The number of carboxylic acids is 1. The van der Waals surface area contributed by atoms with E-state index in [4.69, 9.17) is 9.90 Å². The lowest BCUT2D eigenvalue weighted by atomic mass is 10.1. The fraction of sp³-hybridized carbons (Fsp3) is 0.380. The number of benzene rings is 3. The summed E-state index contributed by atoms with van der Waals surface area (Å²) in [6.07, 6.45) is 29.7. The van der Waals surface area contributed by atoms with Crippen molar-refractivity contribution >= 4 is 160 Å². The van der Waals surface area contributed by atoms with Crippen LogP contribution in [-0.4, -0.2) is 121 Å². The molecule has 0 radical (unpaired) electrons. The van der Waals surface area contributed by atoms with Gasteiger partial charge in [-0.3, -0.25) is 14.6 Å². The number of anilines is 3. The number of carboxylic acid groups (broad SMARTS) is 1. The minimum Gasteiger partial charge on any atom is -0.481 e. The molecule has 0 amide bonds. The average molecular weight is 1840 g/mol. The molecule has 0 atom stereocenters. The van der Waals surface area contributed by atoms with E-state index >= 15 is 0 Å². The number of nitrogens with zero attached hydrogens (tertiary/aromatic N) is 10. The molecule has 7 heterocycles. The highest BCUT2D eigenvalue weighted by atomic mass is 79.9. The number of aldehydes is 1. The van der Waals surface area contributed by atoms with Crippen molar-refractivity contribution in [1.82, 2.24) is 4.98 Å². The Labute approximate surface area is 739 Å².